The Hall–Kier alpha value is -1.51. The fourth-order valence-electron chi connectivity index (χ4n) is 1.64. The van der Waals surface area contributed by atoms with Crippen LogP contribution in [-0.2, 0) is 4.79 Å². The van der Waals surface area contributed by atoms with Gasteiger partial charge in [0.25, 0.3) is 0 Å². The van der Waals surface area contributed by atoms with Crippen LogP contribution in [0.4, 0.5) is 0 Å². The molecule has 1 aromatic rings. The maximum atomic E-state index is 11.4. The maximum Gasteiger partial charge on any atom is 0.220 e. The van der Waals surface area contributed by atoms with E-state index in [0.29, 0.717) is 19.6 Å². The molecule has 3 heteroatoms. The van der Waals surface area contributed by atoms with Crippen molar-refractivity contribution in [2.75, 3.05) is 13.2 Å². The van der Waals surface area contributed by atoms with Gasteiger partial charge in [0.05, 0.1) is 6.54 Å². The van der Waals surface area contributed by atoms with Gasteiger partial charge in [-0.05, 0) is 37.5 Å². The minimum absolute atomic E-state index is 0.112. The van der Waals surface area contributed by atoms with E-state index in [2.05, 4.69) is 18.3 Å². The molecule has 0 atom stereocenters. The van der Waals surface area contributed by atoms with E-state index in [1.807, 2.05) is 26.0 Å². The van der Waals surface area contributed by atoms with Crippen LogP contribution in [0.15, 0.2) is 18.2 Å². The molecule has 0 saturated carbocycles. The summed E-state index contributed by atoms with van der Waals surface area (Å²) in [5.74, 6) is 1.01. The average Bonchev–Trinajstić information content (AvgIpc) is 2.36. The molecule has 0 aromatic heterocycles. The topological polar surface area (TPSA) is 38.3 Å². The first-order valence-electron chi connectivity index (χ1n) is 6.60. The lowest BCUT2D eigenvalue weighted by atomic mass is 10.1. The molecule has 1 aromatic carbocycles. The standard InChI is InChI=1S/C15H23NO2/c1-4-5-6-15(17)16-9-10-18-14-11-12(2)7-8-13(14)3/h7-8,11H,4-6,9-10H2,1-3H3,(H,16,17). The van der Waals surface area contributed by atoms with Gasteiger partial charge in [0.15, 0.2) is 0 Å². The Morgan fingerprint density at radius 1 is 1.33 bits per heavy atom. The summed E-state index contributed by atoms with van der Waals surface area (Å²) < 4.78 is 5.66. The fourth-order valence-corrected chi connectivity index (χ4v) is 1.64. The minimum atomic E-state index is 0.112. The molecule has 0 fully saturated rings. The highest BCUT2D eigenvalue weighted by Gasteiger charge is 2.01. The monoisotopic (exact) mass is 249 g/mol. The van der Waals surface area contributed by atoms with Crippen molar-refractivity contribution in [3.8, 4) is 5.75 Å². The molecule has 0 radical (unpaired) electrons. The molecule has 1 N–H and O–H groups in total. The normalized spacial score (nSPS) is 10.2. The number of carbonyl (C=O) groups excluding carboxylic acids is 1. The van der Waals surface area contributed by atoms with Crippen LogP contribution in [0.3, 0.4) is 0 Å². The predicted molar refractivity (Wildman–Crippen MR) is 73.9 cm³/mol. The van der Waals surface area contributed by atoms with E-state index in [1.165, 1.54) is 5.56 Å². The van der Waals surface area contributed by atoms with E-state index in [0.717, 1.165) is 24.2 Å². The summed E-state index contributed by atoms with van der Waals surface area (Å²) in [7, 11) is 0. The largest absolute Gasteiger partial charge is 0.491 e. The van der Waals surface area contributed by atoms with Crippen LogP contribution < -0.4 is 10.1 Å². The number of hydrogen-bond donors (Lipinski definition) is 1. The molecule has 1 rings (SSSR count). The Morgan fingerprint density at radius 2 is 2.11 bits per heavy atom. The number of benzene rings is 1. The number of amides is 1. The lowest BCUT2D eigenvalue weighted by Gasteiger charge is -2.10. The Kier molecular flexibility index (Phi) is 6.26. The first-order valence-corrected chi connectivity index (χ1v) is 6.60. The molecule has 3 nitrogen and oxygen atoms in total. The lowest BCUT2D eigenvalue weighted by Crippen LogP contribution is -2.27. The van der Waals surface area contributed by atoms with Crippen molar-refractivity contribution >= 4 is 5.91 Å². The second-order valence-corrected chi connectivity index (χ2v) is 4.57. The van der Waals surface area contributed by atoms with Crippen molar-refractivity contribution in [1.82, 2.24) is 5.32 Å². The quantitative estimate of drug-likeness (QED) is 0.754. The summed E-state index contributed by atoms with van der Waals surface area (Å²) >= 11 is 0. The van der Waals surface area contributed by atoms with Gasteiger partial charge >= 0.3 is 0 Å². The van der Waals surface area contributed by atoms with Gasteiger partial charge in [0.2, 0.25) is 5.91 Å². The average molecular weight is 249 g/mol. The Balaban J connectivity index is 2.25. The van der Waals surface area contributed by atoms with Crippen LogP contribution in [0.1, 0.15) is 37.3 Å². The van der Waals surface area contributed by atoms with Crippen LogP contribution >= 0.6 is 0 Å². The van der Waals surface area contributed by atoms with Gasteiger partial charge in [-0.15, -0.1) is 0 Å². The molecule has 0 aliphatic carbocycles. The van der Waals surface area contributed by atoms with Gasteiger partial charge in [-0.25, -0.2) is 0 Å². The van der Waals surface area contributed by atoms with E-state index in [1.54, 1.807) is 0 Å². The number of hydrogen-bond acceptors (Lipinski definition) is 2. The Morgan fingerprint density at radius 3 is 2.83 bits per heavy atom. The number of carbonyl (C=O) groups is 1. The zero-order chi connectivity index (χ0) is 13.4. The van der Waals surface area contributed by atoms with Gasteiger partial charge < -0.3 is 10.1 Å². The SMILES string of the molecule is CCCCC(=O)NCCOc1cc(C)ccc1C. The lowest BCUT2D eigenvalue weighted by molar-refractivity contribution is -0.121. The number of unbranched alkanes of at least 4 members (excludes halogenated alkanes) is 1. The van der Waals surface area contributed by atoms with Gasteiger partial charge in [0.1, 0.15) is 12.4 Å². The summed E-state index contributed by atoms with van der Waals surface area (Å²) in [5.41, 5.74) is 2.31. The third-order valence-electron chi connectivity index (χ3n) is 2.78. The highest BCUT2D eigenvalue weighted by Crippen LogP contribution is 2.18. The molecular weight excluding hydrogens is 226 g/mol. The van der Waals surface area contributed by atoms with Crippen molar-refractivity contribution in [2.45, 2.75) is 40.0 Å². The van der Waals surface area contributed by atoms with Crippen molar-refractivity contribution in [3.63, 3.8) is 0 Å². The molecule has 0 saturated heterocycles. The van der Waals surface area contributed by atoms with Gasteiger partial charge in [-0.1, -0.05) is 25.5 Å². The molecule has 100 valence electrons. The van der Waals surface area contributed by atoms with Crippen LogP contribution in [0.25, 0.3) is 0 Å². The van der Waals surface area contributed by atoms with E-state index >= 15 is 0 Å². The third-order valence-corrected chi connectivity index (χ3v) is 2.78. The number of ether oxygens (including phenoxy) is 1. The smallest absolute Gasteiger partial charge is 0.220 e. The second kappa shape index (κ2) is 7.75. The molecule has 0 spiro atoms. The van der Waals surface area contributed by atoms with E-state index in [-0.39, 0.29) is 5.91 Å². The molecule has 1 amide bonds. The zero-order valence-electron chi connectivity index (χ0n) is 11.6. The molecule has 0 bridgehead atoms. The highest BCUT2D eigenvalue weighted by atomic mass is 16.5. The molecule has 18 heavy (non-hydrogen) atoms. The summed E-state index contributed by atoms with van der Waals surface area (Å²) in [5, 5.41) is 2.86. The summed E-state index contributed by atoms with van der Waals surface area (Å²) in [6.45, 7) is 7.22. The first kappa shape index (κ1) is 14.6. The van der Waals surface area contributed by atoms with Gasteiger partial charge in [0, 0.05) is 6.42 Å². The number of aryl methyl sites for hydroxylation is 2. The van der Waals surface area contributed by atoms with Gasteiger partial charge in [-0.2, -0.15) is 0 Å². The minimum Gasteiger partial charge on any atom is -0.491 e. The molecular formula is C15H23NO2. The maximum absolute atomic E-state index is 11.4. The fraction of sp³-hybridized carbons (Fsp3) is 0.533. The van der Waals surface area contributed by atoms with Crippen molar-refractivity contribution in [3.05, 3.63) is 29.3 Å². The summed E-state index contributed by atoms with van der Waals surface area (Å²) in [4.78, 5) is 11.4. The summed E-state index contributed by atoms with van der Waals surface area (Å²) in [6, 6.07) is 6.13. The number of rotatable bonds is 7. The Labute approximate surface area is 110 Å². The van der Waals surface area contributed by atoms with Crippen molar-refractivity contribution in [2.24, 2.45) is 0 Å². The third kappa shape index (κ3) is 5.21. The predicted octanol–water partition coefficient (Wildman–Crippen LogP) is 2.99. The number of nitrogens with one attached hydrogen (secondary N) is 1. The molecule has 0 aliphatic rings. The molecule has 0 heterocycles. The summed E-state index contributed by atoms with van der Waals surface area (Å²) in [6.07, 6.45) is 2.61. The molecule has 0 aliphatic heterocycles. The Bertz CT molecular complexity index is 388. The van der Waals surface area contributed by atoms with Crippen molar-refractivity contribution < 1.29 is 9.53 Å². The second-order valence-electron chi connectivity index (χ2n) is 4.57. The van der Waals surface area contributed by atoms with Crippen LogP contribution in [0.5, 0.6) is 5.75 Å². The molecule has 0 unspecified atom stereocenters. The van der Waals surface area contributed by atoms with Gasteiger partial charge in [-0.3, -0.25) is 4.79 Å². The first-order chi connectivity index (χ1) is 8.63. The van der Waals surface area contributed by atoms with Crippen molar-refractivity contribution in [1.29, 1.82) is 0 Å². The van der Waals surface area contributed by atoms with Crippen LogP contribution in [0, 0.1) is 13.8 Å². The van der Waals surface area contributed by atoms with Crippen LogP contribution in [0.2, 0.25) is 0 Å². The van der Waals surface area contributed by atoms with E-state index < -0.39 is 0 Å². The van der Waals surface area contributed by atoms with E-state index in [9.17, 15) is 4.79 Å². The van der Waals surface area contributed by atoms with Crippen LogP contribution in [-0.4, -0.2) is 19.1 Å². The highest BCUT2D eigenvalue weighted by molar-refractivity contribution is 5.75. The zero-order valence-corrected chi connectivity index (χ0v) is 11.6. The van der Waals surface area contributed by atoms with E-state index in [4.69, 9.17) is 4.74 Å².